The molecule has 0 aromatic heterocycles. The number of anilines is 1. The lowest BCUT2D eigenvalue weighted by Gasteiger charge is -2.38. The van der Waals surface area contributed by atoms with Gasteiger partial charge >= 0.3 is 6.03 Å². The molecule has 0 unspecified atom stereocenters. The van der Waals surface area contributed by atoms with Gasteiger partial charge in [-0.15, -0.1) is 0 Å². The molecular weight excluding hydrogens is 330 g/mol. The number of amides is 2. The minimum Gasteiger partial charge on any atom is -0.491 e. The average molecular weight is 353 g/mol. The van der Waals surface area contributed by atoms with Crippen molar-refractivity contribution in [2.24, 2.45) is 0 Å². The van der Waals surface area contributed by atoms with Crippen molar-refractivity contribution in [3.8, 4) is 5.75 Å². The maximum Gasteiger partial charge on any atom is 0.322 e. The van der Waals surface area contributed by atoms with E-state index in [1.54, 1.807) is 4.90 Å². The minimum absolute atomic E-state index is 0.224. The van der Waals surface area contributed by atoms with E-state index < -0.39 is 10.0 Å². The van der Waals surface area contributed by atoms with Crippen LogP contribution in [0.25, 0.3) is 0 Å². The zero-order chi connectivity index (χ0) is 17.3. The van der Waals surface area contributed by atoms with Crippen LogP contribution in [-0.4, -0.2) is 62.2 Å². The fraction of sp³-hybridized carbons (Fsp3) is 0.562. The van der Waals surface area contributed by atoms with Crippen molar-refractivity contribution >= 4 is 21.7 Å². The number of sulfonamides is 1. The van der Waals surface area contributed by atoms with Gasteiger partial charge in [-0.05, 0) is 31.4 Å². The smallest absolute Gasteiger partial charge is 0.322 e. The van der Waals surface area contributed by atoms with E-state index in [1.165, 1.54) is 10.6 Å². The number of ether oxygens (including phenoxy) is 1. The van der Waals surface area contributed by atoms with Gasteiger partial charge < -0.3 is 15.0 Å². The molecule has 1 fully saturated rings. The summed E-state index contributed by atoms with van der Waals surface area (Å²) in [4.78, 5) is 14.2. The summed E-state index contributed by atoms with van der Waals surface area (Å²) in [6, 6.07) is 5.29. The van der Waals surface area contributed by atoms with Crippen LogP contribution >= 0.6 is 0 Å². The Bertz CT molecular complexity index is 735. The Morgan fingerprint density at radius 3 is 2.83 bits per heavy atom. The molecule has 1 aromatic rings. The van der Waals surface area contributed by atoms with E-state index in [9.17, 15) is 13.2 Å². The van der Waals surface area contributed by atoms with E-state index in [4.69, 9.17) is 4.74 Å². The summed E-state index contributed by atoms with van der Waals surface area (Å²) < 4.78 is 30.6. The Balaban J connectivity index is 1.69. The molecular formula is C16H23N3O4S. The maximum atomic E-state index is 12.5. The largest absolute Gasteiger partial charge is 0.491 e. The number of hydrogen-bond donors (Lipinski definition) is 1. The van der Waals surface area contributed by atoms with E-state index >= 15 is 0 Å². The quantitative estimate of drug-likeness (QED) is 0.874. The number of carbonyl (C=O) groups is 1. The Labute approximate surface area is 142 Å². The number of benzene rings is 1. The van der Waals surface area contributed by atoms with Crippen LogP contribution in [0, 0.1) is 0 Å². The zero-order valence-corrected chi connectivity index (χ0v) is 14.8. The molecule has 0 bridgehead atoms. The maximum absolute atomic E-state index is 12.5. The molecule has 0 aliphatic carbocycles. The number of carbonyl (C=O) groups excluding carboxylic acids is 1. The molecule has 24 heavy (non-hydrogen) atoms. The van der Waals surface area contributed by atoms with Crippen LogP contribution in [-0.2, 0) is 16.4 Å². The van der Waals surface area contributed by atoms with Crippen molar-refractivity contribution in [2.75, 3.05) is 37.8 Å². The average Bonchev–Trinajstić information content (AvgIpc) is 2.54. The molecule has 2 amide bonds. The highest BCUT2D eigenvalue weighted by Crippen LogP contribution is 2.33. The third kappa shape index (κ3) is 3.49. The van der Waals surface area contributed by atoms with Crippen molar-refractivity contribution in [3.05, 3.63) is 23.8 Å². The summed E-state index contributed by atoms with van der Waals surface area (Å²) in [6.45, 7) is 3.53. The molecule has 0 spiro atoms. The predicted molar refractivity (Wildman–Crippen MR) is 91.9 cm³/mol. The minimum atomic E-state index is -3.24. The van der Waals surface area contributed by atoms with Gasteiger partial charge in [0.1, 0.15) is 5.75 Å². The van der Waals surface area contributed by atoms with Gasteiger partial charge in [-0.1, -0.05) is 12.1 Å². The van der Waals surface area contributed by atoms with E-state index in [0.717, 1.165) is 24.2 Å². The second kappa shape index (κ2) is 6.60. The molecule has 1 N–H and O–H groups in total. The number of nitrogens with one attached hydrogen (secondary N) is 1. The van der Waals surface area contributed by atoms with Gasteiger partial charge in [0.05, 0.1) is 18.6 Å². The molecule has 0 saturated carbocycles. The summed E-state index contributed by atoms with van der Waals surface area (Å²) >= 11 is 0. The zero-order valence-electron chi connectivity index (χ0n) is 14.0. The van der Waals surface area contributed by atoms with Gasteiger partial charge in [-0.25, -0.2) is 13.2 Å². The molecule has 2 aliphatic rings. The number of aryl methyl sites for hydroxylation is 1. The topological polar surface area (TPSA) is 79.0 Å². The van der Waals surface area contributed by atoms with Gasteiger partial charge in [-0.3, -0.25) is 0 Å². The number of fused-ring (bicyclic) bond motifs is 1. The van der Waals surface area contributed by atoms with Gasteiger partial charge in [0.15, 0.2) is 0 Å². The number of piperazine rings is 1. The lowest BCUT2D eigenvalue weighted by molar-refractivity contribution is 0.157. The van der Waals surface area contributed by atoms with Crippen molar-refractivity contribution < 1.29 is 17.9 Å². The van der Waals surface area contributed by atoms with Crippen LogP contribution in [0.3, 0.4) is 0 Å². The van der Waals surface area contributed by atoms with Crippen LogP contribution in [0.2, 0.25) is 0 Å². The summed E-state index contributed by atoms with van der Waals surface area (Å²) in [5.41, 5.74) is 1.78. The first kappa shape index (κ1) is 17.0. The Hall–Kier alpha value is -1.80. The molecule has 0 radical (unpaired) electrons. The molecule has 132 valence electrons. The fourth-order valence-corrected chi connectivity index (χ4v) is 4.43. The first-order chi connectivity index (χ1) is 11.4. The highest BCUT2D eigenvalue weighted by Gasteiger charge is 2.32. The van der Waals surface area contributed by atoms with E-state index in [1.807, 2.05) is 25.1 Å². The van der Waals surface area contributed by atoms with E-state index in [0.29, 0.717) is 31.9 Å². The SMILES string of the molecule is C[C@H]1CN(C(=O)Nc2cccc3c2OCCC3)CCN1S(C)(=O)=O. The number of para-hydroxylation sites is 1. The number of urea groups is 1. The first-order valence-corrected chi connectivity index (χ1v) is 9.98. The lowest BCUT2D eigenvalue weighted by Crippen LogP contribution is -2.55. The summed E-state index contributed by atoms with van der Waals surface area (Å²) in [7, 11) is -3.24. The van der Waals surface area contributed by atoms with Crippen LogP contribution in [0.15, 0.2) is 18.2 Å². The molecule has 2 aliphatic heterocycles. The second-order valence-electron chi connectivity index (χ2n) is 6.34. The highest BCUT2D eigenvalue weighted by atomic mass is 32.2. The Morgan fingerprint density at radius 1 is 1.33 bits per heavy atom. The predicted octanol–water partition coefficient (Wildman–Crippen LogP) is 1.51. The Morgan fingerprint density at radius 2 is 2.12 bits per heavy atom. The summed E-state index contributed by atoms with van der Waals surface area (Å²) in [5, 5.41) is 2.91. The number of nitrogens with zero attached hydrogens (tertiary/aromatic N) is 2. The summed E-state index contributed by atoms with van der Waals surface area (Å²) in [5.74, 6) is 0.750. The lowest BCUT2D eigenvalue weighted by atomic mass is 10.1. The van der Waals surface area contributed by atoms with Crippen LogP contribution in [0.5, 0.6) is 5.75 Å². The van der Waals surface area contributed by atoms with Gasteiger partial charge in [0.2, 0.25) is 10.0 Å². The van der Waals surface area contributed by atoms with Crippen molar-refractivity contribution in [2.45, 2.75) is 25.8 Å². The van der Waals surface area contributed by atoms with Crippen LogP contribution in [0.1, 0.15) is 18.9 Å². The molecule has 1 saturated heterocycles. The monoisotopic (exact) mass is 353 g/mol. The third-order valence-corrected chi connectivity index (χ3v) is 5.85. The molecule has 3 rings (SSSR count). The van der Waals surface area contributed by atoms with E-state index in [-0.39, 0.29) is 12.1 Å². The Kier molecular flexibility index (Phi) is 4.69. The number of rotatable bonds is 2. The summed E-state index contributed by atoms with van der Waals surface area (Å²) in [6.07, 6.45) is 3.13. The fourth-order valence-electron chi connectivity index (χ4n) is 3.30. The molecule has 1 atom stereocenters. The standard InChI is InChI=1S/C16H23N3O4S/c1-12-11-18(8-9-19(12)24(2,21)22)16(20)17-14-7-3-5-13-6-4-10-23-15(13)14/h3,5,7,12H,4,6,8-11H2,1-2H3,(H,17,20)/t12-/m0/s1. The molecule has 8 heteroatoms. The molecule has 7 nitrogen and oxygen atoms in total. The van der Waals surface area contributed by atoms with Gasteiger partial charge in [0, 0.05) is 25.7 Å². The highest BCUT2D eigenvalue weighted by molar-refractivity contribution is 7.88. The molecule has 2 heterocycles. The second-order valence-corrected chi connectivity index (χ2v) is 8.28. The van der Waals surface area contributed by atoms with Crippen LogP contribution < -0.4 is 10.1 Å². The first-order valence-electron chi connectivity index (χ1n) is 8.13. The van der Waals surface area contributed by atoms with Crippen LogP contribution in [0.4, 0.5) is 10.5 Å². The van der Waals surface area contributed by atoms with Crippen molar-refractivity contribution in [1.29, 1.82) is 0 Å². The number of hydrogen-bond acceptors (Lipinski definition) is 4. The van der Waals surface area contributed by atoms with Crippen molar-refractivity contribution in [1.82, 2.24) is 9.21 Å². The molecule has 1 aromatic carbocycles. The van der Waals surface area contributed by atoms with E-state index in [2.05, 4.69) is 5.32 Å². The van der Waals surface area contributed by atoms with Gasteiger partial charge in [0.25, 0.3) is 0 Å². The normalized spacial score (nSPS) is 21.8. The third-order valence-electron chi connectivity index (χ3n) is 4.45. The van der Waals surface area contributed by atoms with Crippen molar-refractivity contribution in [3.63, 3.8) is 0 Å². The van der Waals surface area contributed by atoms with Gasteiger partial charge in [-0.2, -0.15) is 4.31 Å².